The summed E-state index contributed by atoms with van der Waals surface area (Å²) in [6.07, 6.45) is -0.135. The molecule has 0 saturated heterocycles. The van der Waals surface area contributed by atoms with Crippen molar-refractivity contribution in [2.45, 2.75) is 32.4 Å². The van der Waals surface area contributed by atoms with Gasteiger partial charge in [0.1, 0.15) is 5.75 Å². The van der Waals surface area contributed by atoms with Crippen LogP contribution < -0.4 is 10.1 Å². The fourth-order valence-electron chi connectivity index (χ4n) is 2.38. The highest BCUT2D eigenvalue weighted by Gasteiger charge is 2.14. The molecular formula is C19H23NO3. The lowest BCUT2D eigenvalue weighted by Crippen LogP contribution is -2.37. The molecule has 4 heteroatoms. The Kier molecular flexibility index (Phi) is 6.18. The van der Waals surface area contributed by atoms with Crippen molar-refractivity contribution in [3.63, 3.8) is 0 Å². The summed E-state index contributed by atoms with van der Waals surface area (Å²) in [5, 5.41) is 13.0. The molecule has 122 valence electrons. The van der Waals surface area contributed by atoms with E-state index in [1.54, 1.807) is 0 Å². The van der Waals surface area contributed by atoms with Crippen LogP contribution >= 0.6 is 0 Å². The SMILES string of the molecule is Cc1ccccc1OCC(=O)NC(C)CC(O)c1ccccc1. The first-order valence-electron chi connectivity index (χ1n) is 7.77. The fraction of sp³-hybridized carbons (Fsp3) is 0.316. The molecule has 0 aliphatic carbocycles. The third-order valence-corrected chi connectivity index (χ3v) is 3.62. The normalized spacial score (nSPS) is 13.2. The second kappa shape index (κ2) is 8.34. The van der Waals surface area contributed by atoms with E-state index in [4.69, 9.17) is 4.74 Å². The second-order valence-corrected chi connectivity index (χ2v) is 5.68. The highest BCUT2D eigenvalue weighted by Crippen LogP contribution is 2.18. The van der Waals surface area contributed by atoms with Gasteiger partial charge in [-0.1, -0.05) is 48.5 Å². The van der Waals surface area contributed by atoms with Crippen LogP contribution in [0.1, 0.15) is 30.6 Å². The van der Waals surface area contributed by atoms with E-state index in [0.717, 1.165) is 11.1 Å². The van der Waals surface area contributed by atoms with Crippen molar-refractivity contribution in [3.8, 4) is 5.75 Å². The number of aliphatic hydroxyl groups excluding tert-OH is 1. The zero-order valence-corrected chi connectivity index (χ0v) is 13.5. The molecule has 2 unspecified atom stereocenters. The molecule has 0 saturated carbocycles. The Bertz CT molecular complexity index is 628. The van der Waals surface area contributed by atoms with E-state index in [1.807, 2.05) is 68.4 Å². The zero-order valence-electron chi connectivity index (χ0n) is 13.5. The van der Waals surface area contributed by atoms with E-state index in [1.165, 1.54) is 0 Å². The number of hydrogen-bond donors (Lipinski definition) is 2. The fourth-order valence-corrected chi connectivity index (χ4v) is 2.38. The standard InChI is InChI=1S/C19H23NO3/c1-14-8-6-7-11-18(14)23-13-19(22)20-15(2)12-17(21)16-9-4-3-5-10-16/h3-11,15,17,21H,12-13H2,1-2H3,(H,20,22). The third kappa shape index (κ3) is 5.42. The van der Waals surface area contributed by atoms with Crippen molar-refractivity contribution in [1.29, 1.82) is 0 Å². The Morgan fingerprint density at radius 1 is 1.13 bits per heavy atom. The summed E-state index contributed by atoms with van der Waals surface area (Å²) in [5.74, 6) is 0.514. The average Bonchev–Trinajstić information content (AvgIpc) is 2.54. The lowest BCUT2D eigenvalue weighted by molar-refractivity contribution is -0.123. The van der Waals surface area contributed by atoms with E-state index in [2.05, 4.69) is 5.32 Å². The summed E-state index contributed by atoms with van der Waals surface area (Å²) in [4.78, 5) is 11.9. The molecule has 2 rings (SSSR count). The molecule has 0 radical (unpaired) electrons. The van der Waals surface area contributed by atoms with Gasteiger partial charge in [-0.05, 0) is 37.5 Å². The predicted molar refractivity (Wildman–Crippen MR) is 90.3 cm³/mol. The van der Waals surface area contributed by atoms with Gasteiger partial charge in [-0.2, -0.15) is 0 Å². The van der Waals surface area contributed by atoms with E-state index >= 15 is 0 Å². The van der Waals surface area contributed by atoms with Gasteiger partial charge in [-0.25, -0.2) is 0 Å². The number of amides is 1. The minimum Gasteiger partial charge on any atom is -0.484 e. The van der Waals surface area contributed by atoms with Crippen LogP contribution in [0.2, 0.25) is 0 Å². The number of rotatable bonds is 7. The average molecular weight is 313 g/mol. The van der Waals surface area contributed by atoms with Gasteiger partial charge in [0, 0.05) is 6.04 Å². The monoisotopic (exact) mass is 313 g/mol. The van der Waals surface area contributed by atoms with Crippen LogP contribution in [0.25, 0.3) is 0 Å². The molecule has 2 aromatic rings. The smallest absolute Gasteiger partial charge is 0.258 e. The summed E-state index contributed by atoms with van der Waals surface area (Å²) in [6, 6.07) is 16.9. The summed E-state index contributed by atoms with van der Waals surface area (Å²) >= 11 is 0. The van der Waals surface area contributed by atoms with E-state index in [9.17, 15) is 9.90 Å². The summed E-state index contributed by atoms with van der Waals surface area (Å²) in [5.41, 5.74) is 1.85. The van der Waals surface area contributed by atoms with Crippen molar-refractivity contribution in [1.82, 2.24) is 5.32 Å². The number of aliphatic hydroxyl groups is 1. The van der Waals surface area contributed by atoms with E-state index < -0.39 is 6.10 Å². The largest absolute Gasteiger partial charge is 0.484 e. The molecule has 0 aromatic heterocycles. The molecule has 0 bridgehead atoms. The summed E-state index contributed by atoms with van der Waals surface area (Å²) in [7, 11) is 0. The second-order valence-electron chi connectivity index (χ2n) is 5.68. The third-order valence-electron chi connectivity index (χ3n) is 3.62. The first-order chi connectivity index (χ1) is 11.1. The molecule has 0 aliphatic heterocycles. The Morgan fingerprint density at radius 3 is 2.48 bits per heavy atom. The van der Waals surface area contributed by atoms with Crippen molar-refractivity contribution >= 4 is 5.91 Å². The predicted octanol–water partition coefficient (Wildman–Crippen LogP) is 3.00. The molecule has 1 amide bonds. The van der Waals surface area contributed by atoms with Crippen LogP contribution in [0.4, 0.5) is 0 Å². The van der Waals surface area contributed by atoms with Crippen LogP contribution in [0, 0.1) is 6.92 Å². The van der Waals surface area contributed by atoms with Gasteiger partial charge in [-0.15, -0.1) is 0 Å². The number of carbonyl (C=O) groups is 1. The van der Waals surface area contributed by atoms with E-state index in [0.29, 0.717) is 12.2 Å². The Hall–Kier alpha value is -2.33. The van der Waals surface area contributed by atoms with Crippen LogP contribution in [0.3, 0.4) is 0 Å². The molecule has 4 nitrogen and oxygen atoms in total. The van der Waals surface area contributed by atoms with Crippen LogP contribution in [-0.2, 0) is 4.79 Å². The number of ether oxygens (including phenoxy) is 1. The molecule has 23 heavy (non-hydrogen) atoms. The van der Waals surface area contributed by atoms with Crippen molar-refractivity contribution < 1.29 is 14.6 Å². The highest BCUT2D eigenvalue weighted by atomic mass is 16.5. The minimum atomic E-state index is -0.594. The molecule has 0 heterocycles. The van der Waals surface area contributed by atoms with Gasteiger partial charge in [0.15, 0.2) is 6.61 Å². The van der Waals surface area contributed by atoms with Crippen molar-refractivity contribution in [2.75, 3.05) is 6.61 Å². The minimum absolute atomic E-state index is 0.0311. The Balaban J connectivity index is 1.77. The Morgan fingerprint density at radius 2 is 1.78 bits per heavy atom. The van der Waals surface area contributed by atoms with Gasteiger partial charge in [0.05, 0.1) is 6.10 Å². The number of carbonyl (C=O) groups excluding carboxylic acids is 1. The molecule has 0 aliphatic rings. The highest BCUT2D eigenvalue weighted by molar-refractivity contribution is 5.77. The lowest BCUT2D eigenvalue weighted by Gasteiger charge is -2.18. The molecule has 2 N–H and O–H groups in total. The molecule has 0 fully saturated rings. The summed E-state index contributed by atoms with van der Waals surface area (Å²) < 4.78 is 5.51. The maximum atomic E-state index is 11.9. The van der Waals surface area contributed by atoms with E-state index in [-0.39, 0.29) is 18.6 Å². The number of nitrogens with one attached hydrogen (secondary N) is 1. The first-order valence-corrected chi connectivity index (χ1v) is 7.77. The lowest BCUT2D eigenvalue weighted by atomic mass is 10.0. The maximum Gasteiger partial charge on any atom is 0.258 e. The van der Waals surface area contributed by atoms with Gasteiger partial charge in [0.25, 0.3) is 5.91 Å². The van der Waals surface area contributed by atoms with Crippen molar-refractivity contribution in [3.05, 3.63) is 65.7 Å². The van der Waals surface area contributed by atoms with Crippen molar-refractivity contribution in [2.24, 2.45) is 0 Å². The molecule has 2 aromatic carbocycles. The zero-order chi connectivity index (χ0) is 16.7. The first kappa shape index (κ1) is 17.0. The van der Waals surface area contributed by atoms with Gasteiger partial charge in [0.2, 0.25) is 0 Å². The maximum absolute atomic E-state index is 11.9. The van der Waals surface area contributed by atoms with Crippen LogP contribution in [-0.4, -0.2) is 23.7 Å². The molecule has 2 atom stereocenters. The van der Waals surface area contributed by atoms with Crippen LogP contribution in [0.5, 0.6) is 5.75 Å². The van der Waals surface area contributed by atoms with Crippen LogP contribution in [0.15, 0.2) is 54.6 Å². The Labute approximate surface area is 137 Å². The quantitative estimate of drug-likeness (QED) is 0.826. The number of hydrogen-bond acceptors (Lipinski definition) is 3. The number of aryl methyl sites for hydroxylation is 1. The number of benzene rings is 2. The number of para-hydroxylation sites is 1. The van der Waals surface area contributed by atoms with Gasteiger partial charge >= 0.3 is 0 Å². The summed E-state index contributed by atoms with van der Waals surface area (Å²) in [6.45, 7) is 3.78. The van der Waals surface area contributed by atoms with Gasteiger partial charge in [-0.3, -0.25) is 4.79 Å². The topological polar surface area (TPSA) is 58.6 Å². The van der Waals surface area contributed by atoms with Gasteiger partial charge < -0.3 is 15.2 Å². The molecule has 0 spiro atoms. The molecular weight excluding hydrogens is 290 g/mol.